The maximum Gasteiger partial charge on any atom is 1.00 e. The van der Waals surface area contributed by atoms with Gasteiger partial charge in [0.05, 0.1) is 17.2 Å². The molecule has 0 fully saturated rings. The molecule has 1 amide bonds. The fourth-order valence-corrected chi connectivity index (χ4v) is 2.51. The van der Waals surface area contributed by atoms with Crippen molar-refractivity contribution in [1.82, 2.24) is 4.90 Å². The van der Waals surface area contributed by atoms with Crippen LogP contribution in [0.4, 0.5) is 0 Å². The summed E-state index contributed by atoms with van der Waals surface area (Å²) < 4.78 is 5.71. The molecule has 1 aromatic rings. The van der Waals surface area contributed by atoms with E-state index < -0.39 is 12.2 Å². The number of aliphatic carboxylic acids is 1. The Morgan fingerprint density at radius 1 is 1.39 bits per heavy atom. The Labute approximate surface area is 155 Å². The van der Waals surface area contributed by atoms with Gasteiger partial charge in [-0.25, -0.2) is 0 Å². The zero-order chi connectivity index (χ0) is 16.0. The first-order valence-corrected chi connectivity index (χ1v) is 6.92. The number of hydrogen-bond acceptors (Lipinski definition) is 5. The average molecular weight is 322 g/mol. The van der Waals surface area contributed by atoms with Crippen LogP contribution in [0.15, 0.2) is 41.7 Å². The second-order valence-electron chi connectivity index (χ2n) is 5.58. The minimum absolute atomic E-state index is 0. The topological polar surface area (TPSA) is 95.7 Å². The van der Waals surface area contributed by atoms with Gasteiger partial charge in [-0.2, -0.15) is 0 Å². The minimum atomic E-state index is -1.40. The molecule has 6 nitrogen and oxygen atoms in total. The van der Waals surface area contributed by atoms with Crippen molar-refractivity contribution in [1.29, 1.82) is 0 Å². The number of benzene rings is 1. The standard InChI is InChI=1S/C16H16N2O4.Na/c1-8(2)9-3-4-13-11(5-9)15(19)18-7-12(17)10(16(20)21)6-14(18)22-13;/h3-8,14H,17H2,1-2H3,(H,20,21);/q;+1/p-1. The molecule has 2 heterocycles. The first-order valence-electron chi connectivity index (χ1n) is 6.92. The van der Waals surface area contributed by atoms with Crippen LogP contribution in [0.25, 0.3) is 0 Å². The number of fused-ring (bicyclic) bond motifs is 2. The van der Waals surface area contributed by atoms with Gasteiger partial charge >= 0.3 is 29.6 Å². The summed E-state index contributed by atoms with van der Waals surface area (Å²) >= 11 is 0. The van der Waals surface area contributed by atoms with E-state index in [-0.39, 0.29) is 52.7 Å². The van der Waals surface area contributed by atoms with Crippen LogP contribution in [-0.4, -0.2) is 23.0 Å². The third-order valence-electron chi connectivity index (χ3n) is 3.78. The number of rotatable bonds is 2. The van der Waals surface area contributed by atoms with Crippen molar-refractivity contribution in [3.8, 4) is 5.75 Å². The molecule has 0 aliphatic carbocycles. The van der Waals surface area contributed by atoms with Crippen molar-refractivity contribution in [2.24, 2.45) is 5.73 Å². The number of hydrogen-bond donors (Lipinski definition) is 1. The summed E-state index contributed by atoms with van der Waals surface area (Å²) in [6, 6.07) is 5.41. The van der Waals surface area contributed by atoms with Gasteiger partial charge in [0, 0.05) is 11.8 Å². The molecule has 1 unspecified atom stereocenters. The average Bonchev–Trinajstić information content (AvgIpc) is 2.47. The van der Waals surface area contributed by atoms with Crippen LogP contribution in [0.2, 0.25) is 0 Å². The van der Waals surface area contributed by atoms with E-state index in [1.165, 1.54) is 17.2 Å². The largest absolute Gasteiger partial charge is 1.00 e. The predicted octanol–water partition coefficient (Wildman–Crippen LogP) is -2.54. The first-order chi connectivity index (χ1) is 10.4. The van der Waals surface area contributed by atoms with Gasteiger partial charge in [-0.15, -0.1) is 0 Å². The van der Waals surface area contributed by atoms with Crippen LogP contribution in [0.3, 0.4) is 0 Å². The van der Waals surface area contributed by atoms with Gasteiger partial charge in [-0.3, -0.25) is 9.69 Å². The van der Waals surface area contributed by atoms with Crippen molar-refractivity contribution in [2.45, 2.75) is 26.0 Å². The SMILES string of the molecule is CC(C)c1ccc2c(c1)C(=O)N1C=C(N)C(C(=O)[O-])=CC1O2.[Na+]. The molecule has 0 aromatic heterocycles. The molecule has 2 aliphatic rings. The molecule has 0 saturated heterocycles. The van der Waals surface area contributed by atoms with Crippen LogP contribution >= 0.6 is 0 Å². The molecule has 1 atom stereocenters. The van der Waals surface area contributed by atoms with Crippen molar-refractivity contribution in [3.05, 3.63) is 52.9 Å². The predicted molar refractivity (Wildman–Crippen MR) is 76.5 cm³/mol. The minimum Gasteiger partial charge on any atom is -0.545 e. The van der Waals surface area contributed by atoms with E-state index in [0.717, 1.165) is 5.56 Å². The van der Waals surface area contributed by atoms with Gasteiger partial charge in [0.25, 0.3) is 5.91 Å². The quantitative estimate of drug-likeness (QED) is 0.606. The van der Waals surface area contributed by atoms with E-state index in [4.69, 9.17) is 10.5 Å². The molecule has 2 aliphatic heterocycles. The summed E-state index contributed by atoms with van der Waals surface area (Å²) in [5, 5.41) is 11.0. The summed E-state index contributed by atoms with van der Waals surface area (Å²) in [5.74, 6) is -0.961. The number of nitrogens with zero attached hydrogens (tertiary/aromatic N) is 1. The van der Waals surface area contributed by atoms with E-state index in [2.05, 4.69) is 0 Å². The number of carboxylic acids is 1. The zero-order valence-corrected chi connectivity index (χ0v) is 15.2. The fraction of sp³-hybridized carbons (Fsp3) is 0.250. The Morgan fingerprint density at radius 3 is 2.70 bits per heavy atom. The summed E-state index contributed by atoms with van der Waals surface area (Å²) in [7, 11) is 0. The Kier molecular flexibility index (Phi) is 4.89. The molecular formula is C16H15N2NaO4. The van der Waals surface area contributed by atoms with Gasteiger partial charge in [0.1, 0.15) is 5.75 Å². The third kappa shape index (κ3) is 3.02. The second kappa shape index (κ2) is 6.39. The van der Waals surface area contributed by atoms with E-state index in [1.54, 1.807) is 12.1 Å². The second-order valence-corrected chi connectivity index (χ2v) is 5.58. The van der Waals surface area contributed by atoms with E-state index in [1.807, 2.05) is 19.9 Å². The Balaban J connectivity index is 0.00000192. The molecule has 2 N–H and O–H groups in total. The van der Waals surface area contributed by atoms with E-state index >= 15 is 0 Å². The molecule has 0 radical (unpaired) electrons. The van der Waals surface area contributed by atoms with Crippen LogP contribution in [0, 0.1) is 0 Å². The van der Waals surface area contributed by atoms with Crippen LogP contribution < -0.4 is 45.1 Å². The summed E-state index contributed by atoms with van der Waals surface area (Å²) in [6.07, 6.45) is 1.73. The Morgan fingerprint density at radius 2 is 2.09 bits per heavy atom. The van der Waals surface area contributed by atoms with Gasteiger partial charge in [0.2, 0.25) is 0 Å². The monoisotopic (exact) mass is 322 g/mol. The summed E-state index contributed by atoms with van der Waals surface area (Å²) in [4.78, 5) is 24.9. The number of carboxylic acid groups (broad SMARTS) is 1. The molecule has 7 heteroatoms. The molecule has 3 rings (SSSR count). The molecule has 23 heavy (non-hydrogen) atoms. The van der Waals surface area contributed by atoms with Crippen LogP contribution in [-0.2, 0) is 4.79 Å². The fourth-order valence-electron chi connectivity index (χ4n) is 2.51. The molecular weight excluding hydrogens is 307 g/mol. The number of ether oxygens (including phenoxy) is 1. The van der Waals surface area contributed by atoms with Crippen LogP contribution in [0.1, 0.15) is 35.7 Å². The van der Waals surface area contributed by atoms with Crippen molar-refractivity contribution in [2.75, 3.05) is 0 Å². The Hall–Kier alpha value is -1.76. The molecule has 1 aromatic carbocycles. The maximum atomic E-state index is 12.6. The van der Waals surface area contributed by atoms with Gasteiger partial charge in [-0.05, 0) is 29.7 Å². The summed E-state index contributed by atoms with van der Waals surface area (Å²) in [5.41, 5.74) is 6.93. The van der Waals surface area contributed by atoms with E-state index in [9.17, 15) is 14.7 Å². The Bertz CT molecular complexity index is 740. The third-order valence-corrected chi connectivity index (χ3v) is 3.78. The van der Waals surface area contributed by atoms with Crippen molar-refractivity contribution < 1.29 is 49.0 Å². The van der Waals surface area contributed by atoms with Crippen LogP contribution in [0.5, 0.6) is 5.75 Å². The maximum absolute atomic E-state index is 12.6. The first kappa shape index (κ1) is 17.6. The number of amides is 1. The molecule has 0 saturated carbocycles. The zero-order valence-electron chi connectivity index (χ0n) is 13.2. The van der Waals surface area contributed by atoms with E-state index in [0.29, 0.717) is 11.3 Å². The number of carbonyl (C=O) groups excluding carboxylic acids is 2. The molecule has 0 spiro atoms. The summed E-state index contributed by atoms with van der Waals surface area (Å²) in [6.45, 7) is 4.07. The normalized spacial score (nSPS) is 19.0. The van der Waals surface area contributed by atoms with Gasteiger partial charge in [0.15, 0.2) is 6.23 Å². The number of carbonyl (C=O) groups is 2. The smallest absolute Gasteiger partial charge is 0.545 e. The molecule has 114 valence electrons. The molecule has 0 bridgehead atoms. The number of nitrogens with two attached hydrogens (primary N) is 1. The van der Waals surface area contributed by atoms with Gasteiger partial charge < -0.3 is 20.4 Å². The van der Waals surface area contributed by atoms with Gasteiger partial charge in [-0.1, -0.05) is 19.9 Å². The van der Waals surface area contributed by atoms with Crippen molar-refractivity contribution in [3.63, 3.8) is 0 Å². The van der Waals surface area contributed by atoms with Crippen molar-refractivity contribution >= 4 is 11.9 Å².